The fourth-order valence-corrected chi connectivity index (χ4v) is 1.88. The van der Waals surface area contributed by atoms with E-state index < -0.39 is 0 Å². The first-order chi connectivity index (χ1) is 7.67. The summed E-state index contributed by atoms with van der Waals surface area (Å²) in [7, 11) is 1.77. The first-order valence-electron chi connectivity index (χ1n) is 6.62. The van der Waals surface area contributed by atoms with Gasteiger partial charge in [-0.2, -0.15) is 0 Å². The average Bonchev–Trinajstić information content (AvgIpc) is 2.28. The Bertz CT molecular complexity index is 147. The van der Waals surface area contributed by atoms with Gasteiger partial charge in [0.25, 0.3) is 0 Å². The highest BCUT2D eigenvalue weighted by molar-refractivity contribution is 4.72. The monoisotopic (exact) mass is 230 g/mol. The molecule has 2 atom stereocenters. The van der Waals surface area contributed by atoms with Crippen molar-refractivity contribution in [3.8, 4) is 0 Å². The summed E-state index contributed by atoms with van der Waals surface area (Å²) >= 11 is 0. The molecule has 3 nitrogen and oxygen atoms in total. The third-order valence-electron chi connectivity index (χ3n) is 3.05. The molecule has 0 aromatic carbocycles. The lowest BCUT2D eigenvalue weighted by molar-refractivity contribution is 0.134. The molecule has 0 saturated heterocycles. The summed E-state index contributed by atoms with van der Waals surface area (Å²) in [6.45, 7) is 14.2. The summed E-state index contributed by atoms with van der Waals surface area (Å²) in [5.74, 6) is 0.782. The molecule has 0 aromatic rings. The molecule has 0 saturated carbocycles. The van der Waals surface area contributed by atoms with Crippen molar-refractivity contribution in [2.45, 2.75) is 40.2 Å². The highest BCUT2D eigenvalue weighted by atomic mass is 16.5. The molecule has 0 aliphatic heterocycles. The lowest BCUT2D eigenvalue weighted by Gasteiger charge is -2.28. The Labute approximate surface area is 102 Å². The van der Waals surface area contributed by atoms with Crippen molar-refractivity contribution in [3.05, 3.63) is 0 Å². The minimum atomic E-state index is 0.457. The van der Waals surface area contributed by atoms with Gasteiger partial charge in [0.05, 0.1) is 6.61 Å². The van der Waals surface area contributed by atoms with E-state index in [4.69, 9.17) is 4.74 Å². The second kappa shape index (κ2) is 10.1. The average molecular weight is 230 g/mol. The SMILES string of the molecule is CCNC(COC)CN(CC)CC(C)CC. The van der Waals surface area contributed by atoms with Gasteiger partial charge in [-0.25, -0.2) is 0 Å². The van der Waals surface area contributed by atoms with E-state index in [0.29, 0.717) is 6.04 Å². The topological polar surface area (TPSA) is 24.5 Å². The summed E-state index contributed by atoms with van der Waals surface area (Å²) in [5.41, 5.74) is 0. The molecule has 0 fully saturated rings. The Kier molecular flexibility index (Phi) is 9.99. The van der Waals surface area contributed by atoms with Crippen molar-refractivity contribution in [1.29, 1.82) is 0 Å². The maximum atomic E-state index is 5.24. The molecule has 0 heterocycles. The third-order valence-corrected chi connectivity index (χ3v) is 3.05. The normalized spacial score (nSPS) is 15.4. The standard InChI is InChI=1S/C13H30N2O/c1-6-12(4)9-15(8-3)10-13(11-16-5)14-7-2/h12-14H,6-11H2,1-5H3. The summed E-state index contributed by atoms with van der Waals surface area (Å²) < 4.78 is 5.24. The summed E-state index contributed by atoms with van der Waals surface area (Å²) in [4.78, 5) is 2.51. The number of methoxy groups -OCH3 is 1. The molecule has 16 heavy (non-hydrogen) atoms. The molecule has 0 aromatic heterocycles. The van der Waals surface area contributed by atoms with Crippen LogP contribution in [0.5, 0.6) is 0 Å². The Balaban J connectivity index is 4.03. The molecule has 0 spiro atoms. The van der Waals surface area contributed by atoms with Crippen LogP contribution in [0.15, 0.2) is 0 Å². The Morgan fingerprint density at radius 3 is 2.31 bits per heavy atom. The molecular weight excluding hydrogens is 200 g/mol. The van der Waals surface area contributed by atoms with E-state index in [1.54, 1.807) is 7.11 Å². The summed E-state index contributed by atoms with van der Waals surface area (Å²) in [5, 5.41) is 3.47. The Hall–Kier alpha value is -0.120. The van der Waals surface area contributed by atoms with Crippen molar-refractivity contribution < 1.29 is 4.74 Å². The number of nitrogens with one attached hydrogen (secondary N) is 1. The highest BCUT2D eigenvalue weighted by Gasteiger charge is 2.13. The molecule has 0 radical (unpaired) electrons. The summed E-state index contributed by atoms with van der Waals surface area (Å²) in [6, 6.07) is 0.457. The molecule has 3 heteroatoms. The van der Waals surface area contributed by atoms with Gasteiger partial charge < -0.3 is 15.0 Å². The molecule has 0 bridgehead atoms. The number of ether oxygens (including phenoxy) is 1. The predicted octanol–water partition coefficient (Wildman–Crippen LogP) is 1.98. The lowest BCUT2D eigenvalue weighted by Crippen LogP contribution is -2.44. The van der Waals surface area contributed by atoms with E-state index in [9.17, 15) is 0 Å². The zero-order valence-electron chi connectivity index (χ0n) is 11.8. The molecule has 2 unspecified atom stereocenters. The smallest absolute Gasteiger partial charge is 0.0628 e. The zero-order chi connectivity index (χ0) is 12.4. The van der Waals surface area contributed by atoms with Gasteiger partial charge in [0.2, 0.25) is 0 Å². The van der Waals surface area contributed by atoms with Crippen molar-refractivity contribution in [3.63, 3.8) is 0 Å². The van der Waals surface area contributed by atoms with Crippen molar-refractivity contribution in [2.75, 3.05) is 39.9 Å². The Morgan fingerprint density at radius 1 is 1.19 bits per heavy atom. The number of hydrogen-bond acceptors (Lipinski definition) is 3. The lowest BCUT2D eigenvalue weighted by atomic mass is 10.1. The van der Waals surface area contributed by atoms with Crippen LogP contribution < -0.4 is 5.32 Å². The minimum absolute atomic E-state index is 0.457. The largest absolute Gasteiger partial charge is 0.383 e. The van der Waals surface area contributed by atoms with E-state index >= 15 is 0 Å². The van der Waals surface area contributed by atoms with Gasteiger partial charge in [0.15, 0.2) is 0 Å². The van der Waals surface area contributed by atoms with E-state index in [1.165, 1.54) is 13.0 Å². The number of rotatable bonds is 10. The van der Waals surface area contributed by atoms with Crippen molar-refractivity contribution >= 4 is 0 Å². The second-order valence-corrected chi connectivity index (χ2v) is 4.58. The van der Waals surface area contributed by atoms with Crippen LogP contribution in [0.1, 0.15) is 34.1 Å². The van der Waals surface area contributed by atoms with Crippen LogP contribution in [0.2, 0.25) is 0 Å². The molecule has 0 amide bonds. The van der Waals surface area contributed by atoms with Gasteiger partial charge in [-0.1, -0.05) is 34.1 Å². The highest BCUT2D eigenvalue weighted by Crippen LogP contribution is 2.05. The molecule has 0 rings (SSSR count). The van der Waals surface area contributed by atoms with Crippen LogP contribution in [-0.2, 0) is 4.74 Å². The first-order valence-corrected chi connectivity index (χ1v) is 6.62. The fraction of sp³-hybridized carbons (Fsp3) is 1.00. The van der Waals surface area contributed by atoms with Gasteiger partial charge in [-0.15, -0.1) is 0 Å². The predicted molar refractivity (Wildman–Crippen MR) is 70.9 cm³/mol. The van der Waals surface area contributed by atoms with Crippen LogP contribution in [-0.4, -0.2) is 50.8 Å². The molecule has 0 aliphatic rings. The maximum Gasteiger partial charge on any atom is 0.0628 e. The minimum Gasteiger partial charge on any atom is -0.383 e. The van der Waals surface area contributed by atoms with Crippen molar-refractivity contribution in [1.82, 2.24) is 10.2 Å². The van der Waals surface area contributed by atoms with Gasteiger partial charge in [-0.05, 0) is 19.0 Å². The number of nitrogens with zero attached hydrogens (tertiary/aromatic N) is 1. The first kappa shape index (κ1) is 15.9. The number of likely N-dealkylation sites (N-methyl/N-ethyl adjacent to an activating group) is 2. The number of hydrogen-bond donors (Lipinski definition) is 1. The Morgan fingerprint density at radius 2 is 1.88 bits per heavy atom. The van der Waals surface area contributed by atoms with E-state index in [2.05, 4.69) is 37.9 Å². The second-order valence-electron chi connectivity index (χ2n) is 4.58. The fourth-order valence-electron chi connectivity index (χ4n) is 1.88. The van der Waals surface area contributed by atoms with Crippen LogP contribution in [0.3, 0.4) is 0 Å². The quantitative estimate of drug-likeness (QED) is 0.621. The van der Waals surface area contributed by atoms with Gasteiger partial charge in [0, 0.05) is 26.2 Å². The molecule has 98 valence electrons. The van der Waals surface area contributed by atoms with Gasteiger partial charge >= 0.3 is 0 Å². The van der Waals surface area contributed by atoms with Crippen LogP contribution in [0.4, 0.5) is 0 Å². The molecule has 0 aliphatic carbocycles. The molecule has 1 N–H and O–H groups in total. The van der Waals surface area contributed by atoms with Crippen molar-refractivity contribution in [2.24, 2.45) is 5.92 Å². The van der Waals surface area contributed by atoms with Crippen LogP contribution in [0.25, 0.3) is 0 Å². The zero-order valence-corrected chi connectivity index (χ0v) is 11.8. The molecular formula is C13H30N2O. The van der Waals surface area contributed by atoms with E-state index in [0.717, 1.165) is 32.2 Å². The van der Waals surface area contributed by atoms with Gasteiger partial charge in [0.1, 0.15) is 0 Å². The van der Waals surface area contributed by atoms with Gasteiger partial charge in [-0.3, -0.25) is 0 Å². The van der Waals surface area contributed by atoms with E-state index in [1.807, 2.05) is 0 Å². The maximum absolute atomic E-state index is 5.24. The third kappa shape index (κ3) is 7.20. The summed E-state index contributed by atoms with van der Waals surface area (Å²) in [6.07, 6.45) is 1.26. The van der Waals surface area contributed by atoms with E-state index in [-0.39, 0.29) is 0 Å². The van der Waals surface area contributed by atoms with Crippen LogP contribution >= 0.6 is 0 Å². The van der Waals surface area contributed by atoms with Crippen LogP contribution in [0, 0.1) is 5.92 Å².